The number of hydrogen-bond donors (Lipinski definition) is 1. The summed E-state index contributed by atoms with van der Waals surface area (Å²) in [4.78, 5) is 14.0. The highest BCUT2D eigenvalue weighted by atomic mass is 35.5. The Balaban J connectivity index is 2.31. The van der Waals surface area contributed by atoms with Crippen LogP contribution in [-0.4, -0.2) is 9.55 Å². The molecule has 2 aromatic heterocycles. The van der Waals surface area contributed by atoms with E-state index < -0.39 is 0 Å². The minimum atomic E-state index is -0.123. The second-order valence-corrected chi connectivity index (χ2v) is 4.21. The molecule has 0 saturated heterocycles. The minimum absolute atomic E-state index is 0.123. The molecule has 17 heavy (non-hydrogen) atoms. The summed E-state index contributed by atoms with van der Waals surface area (Å²) in [5.41, 5.74) is 1.52. The predicted octanol–water partition coefficient (Wildman–Crippen LogP) is 2.97. The molecular formula is C13H9ClN2O. The van der Waals surface area contributed by atoms with Crippen molar-refractivity contribution in [3.05, 3.63) is 64.2 Å². The van der Waals surface area contributed by atoms with E-state index in [1.807, 2.05) is 35.2 Å². The van der Waals surface area contributed by atoms with Crippen LogP contribution >= 0.6 is 11.6 Å². The Kier molecular flexibility index (Phi) is 2.27. The Morgan fingerprint density at radius 3 is 2.65 bits per heavy atom. The maximum absolute atomic E-state index is 11.2. The Hall–Kier alpha value is -2.00. The topological polar surface area (TPSA) is 37.8 Å². The largest absolute Gasteiger partial charge is 0.322 e. The molecule has 0 aliphatic rings. The molecule has 3 rings (SSSR count). The van der Waals surface area contributed by atoms with Gasteiger partial charge in [0.25, 0.3) is 0 Å². The number of hydrogen-bond acceptors (Lipinski definition) is 1. The third-order valence-electron chi connectivity index (χ3n) is 2.67. The number of benzene rings is 1. The summed E-state index contributed by atoms with van der Waals surface area (Å²) < 4.78 is 1.94. The van der Waals surface area contributed by atoms with Crippen LogP contribution in [0.2, 0.25) is 5.02 Å². The van der Waals surface area contributed by atoms with Crippen molar-refractivity contribution in [2.75, 3.05) is 0 Å². The van der Waals surface area contributed by atoms with Gasteiger partial charge in [0, 0.05) is 29.4 Å². The summed E-state index contributed by atoms with van der Waals surface area (Å²) in [6.45, 7) is 0. The normalized spacial score (nSPS) is 10.9. The van der Waals surface area contributed by atoms with E-state index >= 15 is 0 Å². The maximum Gasteiger partial charge on any atom is 0.248 e. The summed E-state index contributed by atoms with van der Waals surface area (Å²) in [7, 11) is 0. The number of halogens is 1. The fraction of sp³-hybridized carbons (Fsp3) is 0. The second-order valence-electron chi connectivity index (χ2n) is 3.80. The van der Waals surface area contributed by atoms with Gasteiger partial charge in [0.2, 0.25) is 5.56 Å². The van der Waals surface area contributed by atoms with Crippen LogP contribution in [0.5, 0.6) is 0 Å². The van der Waals surface area contributed by atoms with Crippen LogP contribution in [0.15, 0.2) is 53.6 Å². The maximum atomic E-state index is 11.2. The monoisotopic (exact) mass is 244 g/mol. The zero-order chi connectivity index (χ0) is 11.8. The molecule has 3 aromatic rings. The molecule has 0 atom stereocenters. The lowest BCUT2D eigenvalue weighted by Gasteiger charge is -2.07. The number of rotatable bonds is 1. The zero-order valence-corrected chi connectivity index (χ0v) is 9.61. The summed E-state index contributed by atoms with van der Waals surface area (Å²) >= 11 is 6.20. The van der Waals surface area contributed by atoms with Gasteiger partial charge in [-0.15, -0.1) is 0 Å². The molecule has 0 bridgehead atoms. The van der Waals surface area contributed by atoms with Crippen LogP contribution < -0.4 is 5.56 Å². The van der Waals surface area contributed by atoms with Crippen molar-refractivity contribution < 1.29 is 0 Å². The Bertz CT molecular complexity index is 729. The number of fused-ring (bicyclic) bond motifs is 1. The quantitative estimate of drug-likeness (QED) is 0.702. The Labute approximate surface area is 102 Å². The van der Waals surface area contributed by atoms with Gasteiger partial charge in [0.15, 0.2) is 0 Å². The van der Waals surface area contributed by atoms with Crippen LogP contribution in [0.4, 0.5) is 0 Å². The summed E-state index contributed by atoms with van der Waals surface area (Å²) in [5.74, 6) is 0. The molecule has 0 amide bonds. The fourth-order valence-electron chi connectivity index (χ4n) is 1.86. The number of H-pyrrole nitrogens is 1. The van der Waals surface area contributed by atoms with Crippen LogP contribution in [0.25, 0.3) is 16.6 Å². The van der Waals surface area contributed by atoms with Crippen molar-refractivity contribution in [3.63, 3.8) is 0 Å². The molecule has 2 heterocycles. The lowest BCUT2D eigenvalue weighted by Crippen LogP contribution is -2.03. The van der Waals surface area contributed by atoms with E-state index in [-0.39, 0.29) is 5.56 Å². The highest BCUT2D eigenvalue weighted by molar-refractivity contribution is 6.33. The molecule has 0 fully saturated rings. The highest BCUT2D eigenvalue weighted by Gasteiger charge is 2.04. The average molecular weight is 245 g/mol. The molecule has 0 aliphatic heterocycles. The fourth-order valence-corrected chi connectivity index (χ4v) is 2.12. The SMILES string of the molecule is O=c1ccc2cc(-n3cccc3)c(Cl)cc2[nH]1. The molecule has 1 N–H and O–H groups in total. The third kappa shape index (κ3) is 1.74. The lowest BCUT2D eigenvalue weighted by molar-refractivity contribution is 1.08. The van der Waals surface area contributed by atoms with Gasteiger partial charge in [-0.1, -0.05) is 11.6 Å². The van der Waals surface area contributed by atoms with Gasteiger partial charge < -0.3 is 9.55 Å². The Morgan fingerprint density at radius 2 is 1.88 bits per heavy atom. The molecule has 0 saturated carbocycles. The molecular weight excluding hydrogens is 236 g/mol. The smallest absolute Gasteiger partial charge is 0.248 e. The van der Waals surface area contributed by atoms with Crippen LogP contribution in [0, 0.1) is 0 Å². The number of pyridine rings is 1. The third-order valence-corrected chi connectivity index (χ3v) is 2.98. The number of aromatic amines is 1. The first-order valence-electron chi connectivity index (χ1n) is 5.20. The van der Waals surface area contributed by atoms with Gasteiger partial charge in [-0.3, -0.25) is 4.79 Å². The van der Waals surface area contributed by atoms with Crippen molar-refractivity contribution in [1.82, 2.24) is 9.55 Å². The molecule has 3 nitrogen and oxygen atoms in total. The van der Waals surface area contributed by atoms with Crippen molar-refractivity contribution in [3.8, 4) is 5.69 Å². The zero-order valence-electron chi connectivity index (χ0n) is 8.85. The molecule has 1 aromatic carbocycles. The van der Waals surface area contributed by atoms with Crippen molar-refractivity contribution in [2.45, 2.75) is 0 Å². The molecule has 0 spiro atoms. The van der Waals surface area contributed by atoms with E-state index in [1.165, 1.54) is 6.07 Å². The van der Waals surface area contributed by atoms with Crippen LogP contribution in [0.3, 0.4) is 0 Å². The predicted molar refractivity (Wildman–Crippen MR) is 68.9 cm³/mol. The standard InChI is InChI=1S/C13H9ClN2O/c14-10-8-11-9(3-4-13(17)15-11)7-12(10)16-5-1-2-6-16/h1-8H,(H,15,17). The van der Waals surface area contributed by atoms with Gasteiger partial charge in [0.05, 0.1) is 10.7 Å². The minimum Gasteiger partial charge on any atom is -0.322 e. The van der Waals surface area contributed by atoms with Crippen molar-refractivity contribution in [1.29, 1.82) is 0 Å². The van der Waals surface area contributed by atoms with Crippen LogP contribution in [-0.2, 0) is 0 Å². The van der Waals surface area contributed by atoms with Gasteiger partial charge in [-0.05, 0) is 30.3 Å². The number of aromatic nitrogens is 2. The Morgan fingerprint density at radius 1 is 1.12 bits per heavy atom. The van der Waals surface area contributed by atoms with Crippen molar-refractivity contribution in [2.24, 2.45) is 0 Å². The first kappa shape index (κ1) is 10.2. The average Bonchev–Trinajstić information content (AvgIpc) is 2.81. The summed E-state index contributed by atoms with van der Waals surface area (Å²) in [6.07, 6.45) is 3.86. The molecule has 4 heteroatoms. The lowest BCUT2D eigenvalue weighted by atomic mass is 10.2. The van der Waals surface area contributed by atoms with E-state index in [4.69, 9.17) is 11.6 Å². The molecule has 84 valence electrons. The summed E-state index contributed by atoms with van der Waals surface area (Å²) in [6, 6.07) is 10.9. The van der Waals surface area contributed by atoms with Crippen LogP contribution in [0.1, 0.15) is 0 Å². The van der Waals surface area contributed by atoms with Gasteiger partial charge in [0.1, 0.15) is 0 Å². The number of nitrogens with one attached hydrogen (secondary N) is 1. The van der Waals surface area contributed by atoms with E-state index in [1.54, 1.807) is 12.1 Å². The van der Waals surface area contributed by atoms with Gasteiger partial charge in [-0.2, -0.15) is 0 Å². The van der Waals surface area contributed by atoms with Gasteiger partial charge >= 0.3 is 0 Å². The van der Waals surface area contributed by atoms with Crippen molar-refractivity contribution >= 4 is 22.5 Å². The highest BCUT2D eigenvalue weighted by Crippen LogP contribution is 2.25. The second kappa shape index (κ2) is 3.79. The number of nitrogens with zero attached hydrogens (tertiary/aromatic N) is 1. The van der Waals surface area contributed by atoms with Gasteiger partial charge in [-0.25, -0.2) is 0 Å². The molecule has 0 unspecified atom stereocenters. The van der Waals surface area contributed by atoms with E-state index in [2.05, 4.69) is 4.98 Å². The molecule has 0 aliphatic carbocycles. The molecule has 0 radical (unpaired) electrons. The van der Waals surface area contributed by atoms with E-state index in [0.717, 1.165) is 16.6 Å². The first-order valence-corrected chi connectivity index (χ1v) is 5.58. The summed E-state index contributed by atoms with van der Waals surface area (Å²) in [5, 5.41) is 1.56. The van der Waals surface area contributed by atoms with E-state index in [0.29, 0.717) is 5.02 Å². The van der Waals surface area contributed by atoms with E-state index in [9.17, 15) is 4.79 Å². The first-order chi connectivity index (χ1) is 8.24.